The van der Waals surface area contributed by atoms with Gasteiger partial charge in [-0.25, -0.2) is 0 Å². The second-order valence-corrected chi connectivity index (χ2v) is 6.26. The topological polar surface area (TPSA) is 61.8 Å². The van der Waals surface area contributed by atoms with E-state index in [1.165, 1.54) is 6.92 Å². The van der Waals surface area contributed by atoms with Crippen molar-refractivity contribution in [2.24, 2.45) is 4.99 Å². The Labute approximate surface area is 133 Å². The van der Waals surface area contributed by atoms with Gasteiger partial charge in [-0.2, -0.15) is 0 Å². The van der Waals surface area contributed by atoms with Gasteiger partial charge in [0.05, 0.1) is 19.0 Å². The Morgan fingerprint density at radius 2 is 2.23 bits per heavy atom. The van der Waals surface area contributed by atoms with Gasteiger partial charge in [0.15, 0.2) is 5.17 Å². The highest BCUT2D eigenvalue weighted by Crippen LogP contribution is 2.32. The summed E-state index contributed by atoms with van der Waals surface area (Å²) in [4.78, 5) is 30.0. The summed E-state index contributed by atoms with van der Waals surface area (Å²) in [5.41, 5.74) is 2.04. The lowest BCUT2D eigenvalue weighted by atomic mass is 9.93. The maximum Gasteiger partial charge on any atom is 0.228 e. The molecule has 0 saturated carbocycles. The molecule has 2 heterocycles. The molecule has 0 saturated heterocycles. The molecule has 0 aromatic heterocycles. The Bertz CT molecular complexity index is 669. The van der Waals surface area contributed by atoms with Gasteiger partial charge in [0.1, 0.15) is 0 Å². The number of hydrogen-bond acceptors (Lipinski definition) is 4. The Morgan fingerprint density at radius 1 is 1.41 bits per heavy atom. The van der Waals surface area contributed by atoms with Crippen LogP contribution in [0.15, 0.2) is 35.5 Å². The number of benzene rings is 1. The summed E-state index contributed by atoms with van der Waals surface area (Å²) in [7, 11) is 0. The number of nitrogens with zero attached hydrogens (tertiary/aromatic N) is 2. The van der Waals surface area contributed by atoms with Crippen molar-refractivity contribution in [2.75, 3.05) is 12.3 Å². The third-order valence-corrected chi connectivity index (χ3v) is 4.57. The SMILES string of the molecule is CC(=O)N1C=Cc2ccccc2[C@@H]1CC(=O)NC1=NCCS1. The number of carbonyl (C=O) groups excluding carboxylic acids is 2. The maximum absolute atomic E-state index is 12.3. The van der Waals surface area contributed by atoms with Crippen molar-refractivity contribution < 1.29 is 9.59 Å². The van der Waals surface area contributed by atoms with Gasteiger partial charge in [-0.05, 0) is 17.2 Å². The summed E-state index contributed by atoms with van der Waals surface area (Å²) in [5, 5.41) is 3.51. The van der Waals surface area contributed by atoms with Crippen LogP contribution in [-0.4, -0.2) is 34.2 Å². The van der Waals surface area contributed by atoms with Crippen LogP contribution < -0.4 is 5.32 Å². The second kappa shape index (κ2) is 6.36. The van der Waals surface area contributed by atoms with E-state index in [9.17, 15) is 9.59 Å². The van der Waals surface area contributed by atoms with Crippen LogP contribution in [0.1, 0.15) is 30.5 Å². The van der Waals surface area contributed by atoms with Crippen LogP contribution in [0.25, 0.3) is 6.08 Å². The number of carbonyl (C=O) groups is 2. The van der Waals surface area contributed by atoms with E-state index in [0.29, 0.717) is 5.17 Å². The third kappa shape index (κ3) is 3.06. The first-order valence-electron chi connectivity index (χ1n) is 7.18. The number of hydrogen-bond donors (Lipinski definition) is 1. The molecule has 22 heavy (non-hydrogen) atoms. The van der Waals surface area contributed by atoms with Crippen LogP contribution in [0.3, 0.4) is 0 Å². The van der Waals surface area contributed by atoms with Gasteiger partial charge in [0.2, 0.25) is 11.8 Å². The molecular weight excluding hydrogens is 298 g/mol. The highest BCUT2D eigenvalue weighted by molar-refractivity contribution is 8.14. The molecular formula is C16H17N3O2S. The van der Waals surface area contributed by atoms with E-state index in [1.54, 1.807) is 22.9 Å². The molecule has 2 aliphatic rings. The number of thioether (sulfide) groups is 1. The van der Waals surface area contributed by atoms with Crippen molar-refractivity contribution in [1.82, 2.24) is 10.2 Å². The van der Waals surface area contributed by atoms with E-state index >= 15 is 0 Å². The van der Waals surface area contributed by atoms with Gasteiger partial charge >= 0.3 is 0 Å². The number of nitrogens with one attached hydrogen (secondary N) is 1. The number of aliphatic imine (C=N–C) groups is 1. The molecule has 0 bridgehead atoms. The standard InChI is InChI=1S/C16H17N3O2S/c1-11(20)19-8-6-12-4-2-3-5-13(12)14(19)10-15(21)18-16-17-7-9-22-16/h2-6,8,14H,7,9-10H2,1H3,(H,17,18,21)/t14-/m0/s1. The molecule has 5 nitrogen and oxygen atoms in total. The van der Waals surface area contributed by atoms with Gasteiger partial charge < -0.3 is 10.2 Å². The average molecular weight is 315 g/mol. The molecule has 114 valence electrons. The zero-order chi connectivity index (χ0) is 15.5. The summed E-state index contributed by atoms with van der Waals surface area (Å²) in [5.74, 6) is 0.718. The lowest BCUT2D eigenvalue weighted by molar-refractivity contribution is -0.129. The first-order valence-corrected chi connectivity index (χ1v) is 8.17. The van der Waals surface area contributed by atoms with Crippen molar-refractivity contribution in [3.05, 3.63) is 41.6 Å². The highest BCUT2D eigenvalue weighted by Gasteiger charge is 2.28. The molecule has 0 radical (unpaired) electrons. The van der Waals surface area contributed by atoms with E-state index in [4.69, 9.17) is 0 Å². The third-order valence-electron chi connectivity index (χ3n) is 3.68. The van der Waals surface area contributed by atoms with E-state index in [1.807, 2.05) is 30.3 Å². The van der Waals surface area contributed by atoms with Crippen LogP contribution in [-0.2, 0) is 9.59 Å². The minimum absolute atomic E-state index is 0.0730. The fourth-order valence-electron chi connectivity index (χ4n) is 2.67. The van der Waals surface area contributed by atoms with Crippen molar-refractivity contribution in [3.8, 4) is 0 Å². The molecule has 1 aromatic carbocycles. The molecule has 0 unspecified atom stereocenters. The molecule has 3 rings (SSSR count). The van der Waals surface area contributed by atoms with Crippen LogP contribution in [0.2, 0.25) is 0 Å². The molecule has 0 fully saturated rings. The Hall–Kier alpha value is -2.08. The van der Waals surface area contributed by atoms with Crippen LogP contribution in [0.4, 0.5) is 0 Å². The summed E-state index contributed by atoms with van der Waals surface area (Å²) in [6.07, 6.45) is 3.88. The Morgan fingerprint density at radius 3 is 2.95 bits per heavy atom. The first kappa shape index (κ1) is 14.8. The van der Waals surface area contributed by atoms with Crippen LogP contribution in [0.5, 0.6) is 0 Å². The average Bonchev–Trinajstić information content (AvgIpc) is 3.00. The van der Waals surface area contributed by atoms with Gasteiger partial charge in [0, 0.05) is 18.9 Å². The van der Waals surface area contributed by atoms with E-state index in [-0.39, 0.29) is 24.3 Å². The van der Waals surface area contributed by atoms with Gasteiger partial charge in [-0.1, -0.05) is 36.0 Å². The predicted octanol–water partition coefficient (Wildman–Crippen LogP) is 2.17. The van der Waals surface area contributed by atoms with Gasteiger partial charge in [-0.3, -0.25) is 14.6 Å². The number of amidine groups is 1. The molecule has 0 aliphatic carbocycles. The van der Waals surface area contributed by atoms with Crippen molar-refractivity contribution in [3.63, 3.8) is 0 Å². The Kier molecular flexibility index (Phi) is 4.29. The largest absolute Gasteiger partial charge is 0.311 e. The quantitative estimate of drug-likeness (QED) is 0.910. The fraction of sp³-hybridized carbons (Fsp3) is 0.312. The molecule has 2 aliphatic heterocycles. The molecule has 0 spiro atoms. The zero-order valence-corrected chi connectivity index (χ0v) is 13.1. The Balaban J connectivity index is 1.80. The lowest BCUT2D eigenvalue weighted by Crippen LogP contribution is -2.36. The monoisotopic (exact) mass is 315 g/mol. The van der Waals surface area contributed by atoms with Crippen LogP contribution >= 0.6 is 11.8 Å². The highest BCUT2D eigenvalue weighted by atomic mass is 32.2. The summed E-state index contributed by atoms with van der Waals surface area (Å²) < 4.78 is 0. The number of amides is 2. The molecule has 1 aromatic rings. The first-order chi connectivity index (χ1) is 10.6. The van der Waals surface area contributed by atoms with E-state index in [2.05, 4.69) is 10.3 Å². The predicted molar refractivity (Wildman–Crippen MR) is 88.3 cm³/mol. The van der Waals surface area contributed by atoms with Crippen LogP contribution in [0, 0.1) is 0 Å². The molecule has 1 atom stereocenters. The lowest BCUT2D eigenvalue weighted by Gasteiger charge is -2.32. The summed E-state index contributed by atoms with van der Waals surface area (Å²) >= 11 is 1.55. The second-order valence-electron chi connectivity index (χ2n) is 5.17. The summed E-state index contributed by atoms with van der Waals surface area (Å²) in [6.45, 7) is 2.26. The smallest absolute Gasteiger partial charge is 0.228 e. The minimum atomic E-state index is -0.272. The van der Waals surface area contributed by atoms with Crippen molar-refractivity contribution in [2.45, 2.75) is 19.4 Å². The fourth-order valence-corrected chi connectivity index (χ4v) is 3.41. The van der Waals surface area contributed by atoms with E-state index in [0.717, 1.165) is 23.4 Å². The number of rotatable bonds is 2. The maximum atomic E-state index is 12.3. The van der Waals surface area contributed by atoms with E-state index < -0.39 is 0 Å². The normalized spacial score (nSPS) is 19.6. The minimum Gasteiger partial charge on any atom is -0.311 e. The van der Waals surface area contributed by atoms with Gasteiger partial charge in [0.25, 0.3) is 0 Å². The van der Waals surface area contributed by atoms with Crippen molar-refractivity contribution in [1.29, 1.82) is 0 Å². The molecule has 1 N–H and O–H groups in total. The van der Waals surface area contributed by atoms with Gasteiger partial charge in [-0.15, -0.1) is 0 Å². The summed E-state index contributed by atoms with van der Waals surface area (Å²) in [6, 6.07) is 7.57. The number of fused-ring (bicyclic) bond motifs is 1. The zero-order valence-electron chi connectivity index (χ0n) is 12.3. The van der Waals surface area contributed by atoms with Crippen molar-refractivity contribution >= 4 is 34.8 Å². The molecule has 2 amide bonds. The molecule has 6 heteroatoms.